The van der Waals surface area contributed by atoms with Gasteiger partial charge in [0.2, 0.25) is 5.88 Å². The minimum atomic E-state index is -4.69. The number of alkyl halides is 3. The van der Waals surface area contributed by atoms with Gasteiger partial charge in [-0.2, -0.15) is 36.1 Å². The molecule has 1 aromatic heterocycles. The van der Waals surface area contributed by atoms with Crippen LogP contribution in [0.1, 0.15) is 21.6 Å². The maximum Gasteiger partial charge on any atom is 0.416 e. The lowest BCUT2D eigenvalue weighted by Crippen LogP contribution is -2.33. The zero-order valence-electron chi connectivity index (χ0n) is 19.4. The Kier molecular flexibility index (Phi) is 6.94. The molecule has 200 valence electrons. The first-order valence-electron chi connectivity index (χ1n) is 11.2. The van der Waals surface area contributed by atoms with E-state index in [4.69, 9.17) is 11.6 Å². The van der Waals surface area contributed by atoms with Gasteiger partial charge < -0.3 is 5.11 Å². The summed E-state index contributed by atoms with van der Waals surface area (Å²) in [6.45, 7) is 0.234. The number of rotatable bonds is 6. The Balaban J connectivity index is 1.62. The van der Waals surface area contributed by atoms with Gasteiger partial charge in [-0.3, -0.25) is 9.36 Å². The summed E-state index contributed by atoms with van der Waals surface area (Å²) in [5.74, 6) is -0.457. The van der Waals surface area contributed by atoms with Crippen LogP contribution < -0.4 is 20.2 Å². The Morgan fingerprint density at radius 3 is 2.68 bits per heavy atom. The van der Waals surface area contributed by atoms with Crippen LogP contribution in [0, 0.1) is 0 Å². The van der Waals surface area contributed by atoms with E-state index >= 15 is 0 Å². The zero-order chi connectivity index (χ0) is 27.2. The van der Waals surface area contributed by atoms with Crippen molar-refractivity contribution in [2.75, 3.05) is 19.6 Å². The highest BCUT2D eigenvalue weighted by Crippen LogP contribution is 2.37. The van der Waals surface area contributed by atoms with Gasteiger partial charge in [0.1, 0.15) is 0 Å². The molecule has 0 spiro atoms. The van der Waals surface area contributed by atoms with E-state index in [0.29, 0.717) is 27.5 Å². The minimum Gasteiger partial charge on any atom is -0.493 e. The number of nitrogens with one attached hydrogen (secondary N) is 1. The number of halogens is 4. The van der Waals surface area contributed by atoms with Crippen molar-refractivity contribution < 1.29 is 26.7 Å². The summed E-state index contributed by atoms with van der Waals surface area (Å²) in [5.41, 5.74) is -0.130. The molecule has 0 radical (unpaired) electrons. The van der Waals surface area contributed by atoms with Crippen LogP contribution in [-0.4, -0.2) is 48.2 Å². The molecule has 3 aromatic rings. The molecular formula is C23H19ClF3N5O4S2. The van der Waals surface area contributed by atoms with E-state index in [2.05, 4.69) is 14.9 Å². The van der Waals surface area contributed by atoms with Gasteiger partial charge in [0, 0.05) is 43.2 Å². The third kappa shape index (κ3) is 5.14. The molecule has 9 nitrogen and oxygen atoms in total. The summed E-state index contributed by atoms with van der Waals surface area (Å²) in [7, 11) is -3.66. The number of hydrogen-bond acceptors (Lipinski definition) is 7. The molecule has 1 saturated heterocycles. The molecule has 2 aliphatic rings. The Morgan fingerprint density at radius 2 is 1.97 bits per heavy atom. The lowest BCUT2D eigenvalue weighted by Gasteiger charge is -2.15. The van der Waals surface area contributed by atoms with Crippen LogP contribution in [0.3, 0.4) is 0 Å². The molecule has 38 heavy (non-hydrogen) atoms. The second-order valence-electron chi connectivity index (χ2n) is 8.54. The standard InChI is InChI=1S/C23H19ClF3N5O4S2/c24-16-3-1-14(18(11-16)23(25,26)27)10-17(13-2-4-19-15(9-13)12-28-30-19)20-21(33)32(22(34)37-20)8-7-31-6-5-29-38(31,35)36/h1-4,9,11-12,29,33H,5-8,10H2. The predicted octanol–water partition coefficient (Wildman–Crippen LogP) is 1.85. The number of aromatic nitrogens is 1. The first kappa shape index (κ1) is 26.6. The van der Waals surface area contributed by atoms with Gasteiger partial charge in [0.25, 0.3) is 10.2 Å². The molecule has 3 heterocycles. The highest BCUT2D eigenvalue weighted by atomic mass is 35.5. The van der Waals surface area contributed by atoms with Crippen molar-refractivity contribution in [2.45, 2.75) is 19.1 Å². The van der Waals surface area contributed by atoms with Gasteiger partial charge in [-0.25, -0.2) is 4.72 Å². The fourth-order valence-electron chi connectivity index (χ4n) is 4.31. The summed E-state index contributed by atoms with van der Waals surface area (Å²) >= 11 is 6.52. The molecule has 0 aliphatic carbocycles. The average Bonchev–Trinajstić information content (AvgIpc) is 3.53. The van der Waals surface area contributed by atoms with Crippen molar-refractivity contribution in [2.24, 2.45) is 10.2 Å². The van der Waals surface area contributed by atoms with Gasteiger partial charge in [0.05, 0.1) is 22.0 Å². The first-order valence-corrected chi connectivity index (χ1v) is 13.8. The van der Waals surface area contributed by atoms with Gasteiger partial charge in [-0.1, -0.05) is 35.1 Å². The molecule has 0 atom stereocenters. The van der Waals surface area contributed by atoms with Gasteiger partial charge in [-0.15, -0.1) is 0 Å². The first-order chi connectivity index (χ1) is 17.9. The predicted molar refractivity (Wildman–Crippen MR) is 136 cm³/mol. The van der Waals surface area contributed by atoms with Crippen molar-refractivity contribution in [3.05, 3.63) is 83.2 Å². The summed E-state index contributed by atoms with van der Waals surface area (Å²) in [4.78, 5) is 12.4. The lowest BCUT2D eigenvalue weighted by atomic mass is 9.96. The highest BCUT2D eigenvalue weighted by Gasteiger charge is 2.34. The van der Waals surface area contributed by atoms with E-state index in [-0.39, 0.29) is 53.6 Å². The van der Waals surface area contributed by atoms with Crippen LogP contribution in [-0.2, 0) is 29.4 Å². The topological polar surface area (TPSA) is 116 Å². The van der Waals surface area contributed by atoms with Crippen molar-refractivity contribution in [1.82, 2.24) is 13.6 Å². The Morgan fingerprint density at radius 1 is 1.18 bits per heavy atom. The highest BCUT2D eigenvalue weighted by molar-refractivity contribution is 7.87. The van der Waals surface area contributed by atoms with E-state index < -0.39 is 32.7 Å². The van der Waals surface area contributed by atoms with E-state index in [1.165, 1.54) is 18.3 Å². The Labute approximate surface area is 223 Å². The molecule has 1 fully saturated rings. The second-order valence-corrected chi connectivity index (χ2v) is 11.7. The zero-order valence-corrected chi connectivity index (χ0v) is 21.8. The van der Waals surface area contributed by atoms with Crippen LogP contribution in [0.25, 0.3) is 5.57 Å². The molecule has 2 aromatic carbocycles. The minimum absolute atomic E-state index is 0.0689. The molecular weight excluding hydrogens is 567 g/mol. The van der Waals surface area contributed by atoms with Gasteiger partial charge in [0.15, 0.2) is 0 Å². The molecule has 0 amide bonds. The third-order valence-corrected chi connectivity index (χ3v) is 9.06. The number of benzene rings is 2. The molecule has 2 N–H and O–H groups in total. The summed E-state index contributed by atoms with van der Waals surface area (Å²) < 4.78 is 70.2. The van der Waals surface area contributed by atoms with Crippen molar-refractivity contribution in [3.63, 3.8) is 0 Å². The fourth-order valence-corrected chi connectivity index (χ4v) is 6.64. The van der Waals surface area contributed by atoms with Crippen LogP contribution >= 0.6 is 22.9 Å². The molecule has 5 rings (SSSR count). The second kappa shape index (κ2) is 9.93. The van der Waals surface area contributed by atoms with Crippen molar-refractivity contribution in [1.29, 1.82) is 0 Å². The van der Waals surface area contributed by atoms with E-state index in [9.17, 15) is 31.5 Å². The van der Waals surface area contributed by atoms with E-state index in [0.717, 1.165) is 14.9 Å². The number of nitrogens with zero attached hydrogens (tertiary/aromatic N) is 4. The molecule has 15 heteroatoms. The lowest BCUT2D eigenvalue weighted by molar-refractivity contribution is -0.138. The maximum absolute atomic E-state index is 13.9. The number of hydrogen-bond donors (Lipinski definition) is 2. The molecule has 2 aliphatic heterocycles. The number of thiazole rings is 1. The summed E-state index contributed by atoms with van der Waals surface area (Å²) in [5, 5.41) is 19.8. The monoisotopic (exact) mass is 585 g/mol. The van der Waals surface area contributed by atoms with Crippen molar-refractivity contribution in [3.8, 4) is 5.88 Å². The van der Waals surface area contributed by atoms with Crippen LogP contribution in [0.2, 0.25) is 5.02 Å². The smallest absolute Gasteiger partial charge is 0.416 e. The van der Waals surface area contributed by atoms with Crippen LogP contribution in [0.5, 0.6) is 5.88 Å². The largest absolute Gasteiger partial charge is 0.493 e. The third-order valence-electron chi connectivity index (χ3n) is 6.18. The average molecular weight is 586 g/mol. The van der Waals surface area contributed by atoms with E-state index in [1.807, 2.05) is 0 Å². The number of aromatic hydroxyl groups is 1. The normalized spacial score (nSPS) is 17.5. The maximum atomic E-state index is 13.9. The summed E-state index contributed by atoms with van der Waals surface area (Å²) in [6.07, 6.45) is -3.47. The fraction of sp³-hybridized carbons (Fsp3) is 0.261. The molecule has 0 saturated carbocycles. The molecule has 0 unspecified atom stereocenters. The van der Waals surface area contributed by atoms with Gasteiger partial charge in [-0.05, 0) is 40.6 Å². The van der Waals surface area contributed by atoms with E-state index in [1.54, 1.807) is 18.2 Å². The van der Waals surface area contributed by atoms with Gasteiger partial charge >= 0.3 is 11.0 Å². The SMILES string of the molecule is O=c1sc(C(Cc2ccc(Cl)cc2C(F)(F)F)=c2ccc3c(c2)C=NN=3)c(O)n1CCN1CCNS1(=O)=O. The molecule has 0 bridgehead atoms. The van der Waals surface area contributed by atoms with Crippen LogP contribution in [0.4, 0.5) is 13.2 Å². The Hall–Kier alpha value is -3.04. The summed E-state index contributed by atoms with van der Waals surface area (Å²) in [6, 6.07) is 8.39. The number of fused-ring (bicyclic) bond motifs is 1. The van der Waals surface area contributed by atoms with Crippen molar-refractivity contribution >= 4 is 44.9 Å². The quantitative estimate of drug-likeness (QED) is 0.459. The Bertz CT molecular complexity index is 1750. The van der Waals surface area contributed by atoms with Crippen LogP contribution in [0.15, 0.2) is 51.4 Å².